The molecule has 0 amide bonds. The number of nitrogens with one attached hydrogen (secondary N) is 1. The topological polar surface area (TPSA) is 15.3 Å². The van der Waals surface area contributed by atoms with Crippen LogP contribution in [0.1, 0.15) is 12.8 Å². The van der Waals surface area contributed by atoms with Crippen LogP contribution >= 0.6 is 0 Å². The Morgan fingerprint density at radius 2 is 2.33 bits per heavy atom. The molecule has 0 aliphatic rings. The Bertz CT molecular complexity index is 93.6. The fraction of sp³-hybridized carbons (Fsp3) is 0.714. The van der Waals surface area contributed by atoms with Crippen molar-refractivity contribution in [3.63, 3.8) is 0 Å². The van der Waals surface area contributed by atoms with Crippen LogP contribution < -0.4 is 5.43 Å². The fourth-order valence-electron chi connectivity index (χ4n) is 0.530. The van der Waals surface area contributed by atoms with Gasteiger partial charge in [0, 0.05) is 20.0 Å². The molecule has 0 aromatic carbocycles. The van der Waals surface area contributed by atoms with Crippen LogP contribution in [0.25, 0.3) is 0 Å². The van der Waals surface area contributed by atoms with Crippen LogP contribution in [0.3, 0.4) is 0 Å². The smallest absolute Gasteiger partial charge is 0.0136 e. The van der Waals surface area contributed by atoms with Crippen molar-refractivity contribution in [2.24, 2.45) is 0 Å². The van der Waals surface area contributed by atoms with Crippen LogP contribution in [-0.2, 0) is 0 Å². The third-order valence-electron chi connectivity index (χ3n) is 1.20. The molecule has 9 heavy (non-hydrogen) atoms. The minimum atomic E-state index is 0.867. The second-order valence-corrected chi connectivity index (χ2v) is 1.95. The molecule has 0 fully saturated rings. The number of unbranched alkanes of at least 4 members (excludes halogenated alkanes) is 1. The number of rotatable bonds is 4. The second-order valence-electron chi connectivity index (χ2n) is 1.95. The summed E-state index contributed by atoms with van der Waals surface area (Å²) >= 11 is 0. The zero-order valence-corrected chi connectivity index (χ0v) is 6.15. The zero-order valence-electron chi connectivity index (χ0n) is 6.15. The first-order valence-electron chi connectivity index (χ1n) is 3.13. The third kappa shape index (κ3) is 5.35. The molecule has 0 aromatic rings. The summed E-state index contributed by atoms with van der Waals surface area (Å²) in [4.78, 5) is 0. The third-order valence-corrected chi connectivity index (χ3v) is 1.20. The van der Waals surface area contributed by atoms with Crippen LogP contribution in [0.2, 0.25) is 0 Å². The highest BCUT2D eigenvalue weighted by molar-refractivity contribution is 4.83. The Morgan fingerprint density at radius 1 is 1.67 bits per heavy atom. The number of hydrogen-bond acceptors (Lipinski definition) is 2. The highest BCUT2D eigenvalue weighted by Gasteiger charge is 1.89. The molecule has 2 nitrogen and oxygen atoms in total. The van der Waals surface area contributed by atoms with Crippen molar-refractivity contribution in [2.75, 3.05) is 20.6 Å². The standard InChI is InChI=1S/C7H14N2/c1-4-5-6-7-9(3)8-2/h1,8H,5-7H2,2-3H3. The van der Waals surface area contributed by atoms with Crippen molar-refractivity contribution in [2.45, 2.75) is 12.8 Å². The molecule has 0 aliphatic heterocycles. The summed E-state index contributed by atoms with van der Waals surface area (Å²) in [7, 11) is 3.90. The molecular weight excluding hydrogens is 112 g/mol. The van der Waals surface area contributed by atoms with Crippen molar-refractivity contribution in [3.8, 4) is 12.3 Å². The summed E-state index contributed by atoms with van der Waals surface area (Å²) in [5.41, 5.74) is 2.99. The van der Waals surface area contributed by atoms with Crippen LogP contribution in [0.15, 0.2) is 0 Å². The SMILES string of the molecule is C#CCCCN(C)NC. The molecule has 0 heterocycles. The van der Waals surface area contributed by atoms with Gasteiger partial charge in [-0.2, -0.15) is 0 Å². The first-order valence-corrected chi connectivity index (χ1v) is 3.13. The van der Waals surface area contributed by atoms with Gasteiger partial charge < -0.3 is 0 Å². The van der Waals surface area contributed by atoms with E-state index in [0.29, 0.717) is 0 Å². The molecule has 52 valence electrons. The van der Waals surface area contributed by atoms with Gasteiger partial charge in [0.2, 0.25) is 0 Å². The average molecular weight is 126 g/mol. The van der Waals surface area contributed by atoms with Crippen LogP contribution in [0.5, 0.6) is 0 Å². The number of terminal acetylenes is 1. The molecule has 0 radical (unpaired) electrons. The quantitative estimate of drug-likeness (QED) is 0.334. The van der Waals surface area contributed by atoms with E-state index in [1.807, 2.05) is 19.1 Å². The maximum Gasteiger partial charge on any atom is 0.0136 e. The van der Waals surface area contributed by atoms with Gasteiger partial charge in [0.05, 0.1) is 0 Å². The molecule has 0 unspecified atom stereocenters. The van der Waals surface area contributed by atoms with Gasteiger partial charge in [0.15, 0.2) is 0 Å². The normalized spacial score (nSPS) is 9.56. The summed E-state index contributed by atoms with van der Waals surface area (Å²) in [6.07, 6.45) is 7.00. The largest absolute Gasteiger partial charge is 0.259 e. The van der Waals surface area contributed by atoms with Gasteiger partial charge in [-0.1, -0.05) is 0 Å². The van der Waals surface area contributed by atoms with Crippen molar-refractivity contribution in [1.29, 1.82) is 0 Å². The van der Waals surface area contributed by atoms with Crippen molar-refractivity contribution in [3.05, 3.63) is 0 Å². The molecule has 0 rings (SSSR count). The summed E-state index contributed by atoms with van der Waals surface area (Å²) in [5, 5.41) is 2.01. The summed E-state index contributed by atoms with van der Waals surface area (Å²) < 4.78 is 0. The maximum atomic E-state index is 5.07. The molecule has 2 heteroatoms. The van der Waals surface area contributed by atoms with E-state index in [0.717, 1.165) is 19.4 Å². The summed E-state index contributed by atoms with van der Waals surface area (Å²) in [6.45, 7) is 1.01. The molecule has 0 spiro atoms. The van der Waals surface area contributed by atoms with E-state index < -0.39 is 0 Å². The predicted octanol–water partition coefficient (Wildman–Crippen LogP) is 0.466. The van der Waals surface area contributed by atoms with Crippen molar-refractivity contribution >= 4 is 0 Å². The van der Waals surface area contributed by atoms with E-state index in [1.54, 1.807) is 0 Å². The second kappa shape index (κ2) is 5.61. The highest BCUT2D eigenvalue weighted by Crippen LogP contribution is 1.86. The first kappa shape index (κ1) is 8.48. The lowest BCUT2D eigenvalue weighted by Gasteiger charge is -2.12. The van der Waals surface area contributed by atoms with Gasteiger partial charge in [-0.15, -0.1) is 12.3 Å². The van der Waals surface area contributed by atoms with Gasteiger partial charge >= 0.3 is 0 Å². The lowest BCUT2D eigenvalue weighted by molar-refractivity contribution is 0.258. The molecule has 1 N–H and O–H groups in total. The Hall–Kier alpha value is -0.520. The highest BCUT2D eigenvalue weighted by atomic mass is 15.5. The van der Waals surface area contributed by atoms with E-state index >= 15 is 0 Å². The predicted molar refractivity (Wildman–Crippen MR) is 39.8 cm³/mol. The average Bonchev–Trinajstić information content (AvgIpc) is 1.89. The fourth-order valence-corrected chi connectivity index (χ4v) is 0.530. The van der Waals surface area contributed by atoms with Gasteiger partial charge in [0.25, 0.3) is 0 Å². The number of hydrogen-bond donors (Lipinski definition) is 1. The molecule has 0 bridgehead atoms. The van der Waals surface area contributed by atoms with Crippen LogP contribution in [-0.4, -0.2) is 25.6 Å². The Labute approximate surface area is 57.2 Å². The van der Waals surface area contributed by atoms with Gasteiger partial charge in [0.1, 0.15) is 0 Å². The number of hydrazine groups is 1. The maximum absolute atomic E-state index is 5.07. The lowest BCUT2D eigenvalue weighted by atomic mass is 10.3. The van der Waals surface area contributed by atoms with E-state index in [1.165, 1.54) is 0 Å². The van der Waals surface area contributed by atoms with Gasteiger partial charge in [-0.3, -0.25) is 5.43 Å². The van der Waals surface area contributed by atoms with Gasteiger partial charge in [-0.05, 0) is 13.5 Å². The van der Waals surface area contributed by atoms with Crippen molar-refractivity contribution in [1.82, 2.24) is 10.4 Å². The lowest BCUT2D eigenvalue weighted by Crippen LogP contribution is -2.31. The molecule has 0 atom stereocenters. The van der Waals surface area contributed by atoms with E-state index in [4.69, 9.17) is 6.42 Å². The molecule has 0 saturated carbocycles. The van der Waals surface area contributed by atoms with E-state index in [-0.39, 0.29) is 0 Å². The summed E-state index contributed by atoms with van der Waals surface area (Å²) in [6, 6.07) is 0. The Kier molecular flexibility index (Phi) is 5.29. The molecule has 0 aromatic heterocycles. The van der Waals surface area contributed by atoms with E-state index in [9.17, 15) is 0 Å². The van der Waals surface area contributed by atoms with E-state index in [2.05, 4.69) is 11.3 Å². The monoisotopic (exact) mass is 126 g/mol. The van der Waals surface area contributed by atoms with Crippen LogP contribution in [0.4, 0.5) is 0 Å². The minimum absolute atomic E-state index is 0.867. The molecule has 0 saturated heterocycles. The summed E-state index contributed by atoms with van der Waals surface area (Å²) in [5.74, 6) is 2.59. The van der Waals surface area contributed by atoms with Crippen molar-refractivity contribution < 1.29 is 0 Å². The minimum Gasteiger partial charge on any atom is -0.259 e. The first-order chi connectivity index (χ1) is 4.31. The number of nitrogens with zero attached hydrogens (tertiary/aromatic N) is 1. The molecule has 0 aliphatic carbocycles. The zero-order chi connectivity index (χ0) is 7.11. The Morgan fingerprint density at radius 3 is 2.78 bits per heavy atom. The van der Waals surface area contributed by atoms with Crippen LogP contribution in [0, 0.1) is 12.3 Å². The Balaban J connectivity index is 2.99. The molecular formula is C7H14N2. The van der Waals surface area contributed by atoms with Gasteiger partial charge in [-0.25, -0.2) is 5.01 Å².